The van der Waals surface area contributed by atoms with E-state index in [9.17, 15) is 4.79 Å². The molecule has 1 aromatic rings. The molecule has 2 amide bonds. The summed E-state index contributed by atoms with van der Waals surface area (Å²) in [6, 6.07) is -0.891. The number of hydrogen-bond donors (Lipinski definition) is 2. The van der Waals surface area contributed by atoms with Crippen molar-refractivity contribution in [1.29, 1.82) is 0 Å². The second-order valence-electron chi connectivity index (χ2n) is 1.37. The molecule has 1 heterocycles. The summed E-state index contributed by atoms with van der Waals surface area (Å²) in [4.78, 5) is 10.1. The normalized spacial score (nSPS) is 9.20. The van der Waals surface area contributed by atoms with Crippen LogP contribution >= 0.6 is 23.6 Å². The van der Waals surface area contributed by atoms with Gasteiger partial charge in [-0.1, -0.05) is 11.3 Å². The fourth-order valence-electron chi connectivity index (χ4n) is 0.380. The fourth-order valence-corrected chi connectivity index (χ4v) is 1.16. The van der Waals surface area contributed by atoms with E-state index in [0.29, 0.717) is 9.09 Å². The molecule has 0 aliphatic rings. The number of anilines is 1. The van der Waals surface area contributed by atoms with E-state index in [-0.39, 0.29) is 0 Å². The molecular weight excluding hydrogens is 172 g/mol. The topological polar surface area (TPSA) is 81.6 Å². The largest absolute Gasteiger partial charge is 0.339 e. The highest BCUT2D eigenvalue weighted by Gasteiger charge is 1.98. The van der Waals surface area contributed by atoms with Crippen LogP contribution in [-0.4, -0.2) is 16.2 Å². The SMILES string of the molecule is [NH]C(=O)Nc1n[nH]c(=S)s1. The number of hydrogen-bond acceptors (Lipinski definition) is 4. The Morgan fingerprint density at radius 2 is 2.60 bits per heavy atom. The van der Waals surface area contributed by atoms with Gasteiger partial charge in [0.15, 0.2) is 3.95 Å². The van der Waals surface area contributed by atoms with E-state index < -0.39 is 6.03 Å². The number of nitrogens with one attached hydrogen (secondary N) is 3. The van der Waals surface area contributed by atoms with E-state index in [1.807, 2.05) is 0 Å². The summed E-state index contributed by atoms with van der Waals surface area (Å²) < 4.78 is 0.476. The highest BCUT2D eigenvalue weighted by molar-refractivity contribution is 7.73. The molecule has 0 bridgehead atoms. The Morgan fingerprint density at radius 3 is 3.00 bits per heavy atom. The zero-order valence-corrected chi connectivity index (χ0v) is 6.30. The summed E-state index contributed by atoms with van der Waals surface area (Å²) in [6.45, 7) is 0. The molecule has 0 saturated carbocycles. The van der Waals surface area contributed by atoms with Gasteiger partial charge in [-0.05, 0) is 12.2 Å². The first-order valence-electron chi connectivity index (χ1n) is 2.26. The summed E-state index contributed by atoms with van der Waals surface area (Å²) >= 11 is 5.79. The Balaban J connectivity index is 2.76. The van der Waals surface area contributed by atoms with Crippen LogP contribution in [0.3, 0.4) is 0 Å². The first kappa shape index (κ1) is 7.16. The Hall–Kier alpha value is -0.950. The fraction of sp³-hybridized carbons (Fsp3) is 0. The number of aromatic amines is 1. The van der Waals surface area contributed by atoms with Crippen molar-refractivity contribution in [3.63, 3.8) is 0 Å². The maximum Gasteiger partial charge on any atom is 0.339 e. The molecule has 5 nitrogen and oxygen atoms in total. The van der Waals surface area contributed by atoms with Crippen LogP contribution in [0.2, 0.25) is 0 Å². The van der Waals surface area contributed by atoms with Crippen molar-refractivity contribution in [1.82, 2.24) is 15.9 Å². The Bertz CT molecular complexity index is 289. The molecule has 1 aromatic heterocycles. The molecule has 0 fully saturated rings. The Kier molecular flexibility index (Phi) is 1.97. The van der Waals surface area contributed by atoms with E-state index in [2.05, 4.69) is 27.7 Å². The third kappa shape index (κ3) is 1.78. The third-order valence-corrected chi connectivity index (χ3v) is 1.66. The predicted molar refractivity (Wildman–Crippen MR) is 39.4 cm³/mol. The van der Waals surface area contributed by atoms with Crippen LogP contribution in [0.15, 0.2) is 0 Å². The minimum absolute atomic E-state index is 0.324. The highest BCUT2D eigenvalue weighted by atomic mass is 32.1. The molecule has 1 radical (unpaired) electrons. The van der Waals surface area contributed by atoms with Crippen molar-refractivity contribution in [2.45, 2.75) is 0 Å². The molecule has 10 heavy (non-hydrogen) atoms. The summed E-state index contributed by atoms with van der Waals surface area (Å²) in [5, 5.41) is 8.54. The van der Waals surface area contributed by atoms with E-state index >= 15 is 0 Å². The summed E-state index contributed by atoms with van der Waals surface area (Å²) in [5.41, 5.74) is 6.49. The molecular formula is C3H3N4OS2. The second-order valence-corrected chi connectivity index (χ2v) is 3.04. The van der Waals surface area contributed by atoms with Gasteiger partial charge in [0.1, 0.15) is 0 Å². The van der Waals surface area contributed by atoms with Crippen molar-refractivity contribution in [3.8, 4) is 0 Å². The molecule has 0 atom stereocenters. The first-order valence-corrected chi connectivity index (χ1v) is 3.49. The lowest BCUT2D eigenvalue weighted by Crippen LogP contribution is -2.08. The zero-order chi connectivity index (χ0) is 7.56. The molecule has 0 spiro atoms. The van der Waals surface area contributed by atoms with Gasteiger partial charge in [-0.2, -0.15) is 0 Å². The van der Waals surface area contributed by atoms with Gasteiger partial charge in [0.25, 0.3) is 0 Å². The maximum absolute atomic E-state index is 10.1. The Morgan fingerprint density at radius 1 is 1.90 bits per heavy atom. The van der Waals surface area contributed by atoms with Gasteiger partial charge < -0.3 is 0 Å². The lowest BCUT2D eigenvalue weighted by atomic mass is 11.0. The van der Waals surface area contributed by atoms with Crippen molar-refractivity contribution in [2.75, 3.05) is 5.32 Å². The van der Waals surface area contributed by atoms with Crippen LogP contribution in [-0.2, 0) is 0 Å². The van der Waals surface area contributed by atoms with Crippen LogP contribution in [0, 0.1) is 3.95 Å². The minimum atomic E-state index is -0.891. The quantitative estimate of drug-likeness (QED) is 0.625. The van der Waals surface area contributed by atoms with Crippen molar-refractivity contribution in [3.05, 3.63) is 3.95 Å². The summed E-state index contributed by atoms with van der Waals surface area (Å²) in [6.07, 6.45) is 0. The molecule has 3 N–H and O–H groups in total. The van der Waals surface area contributed by atoms with E-state index in [0.717, 1.165) is 11.3 Å². The number of amides is 2. The van der Waals surface area contributed by atoms with Crippen LogP contribution in [0.5, 0.6) is 0 Å². The predicted octanol–water partition coefficient (Wildman–Crippen LogP) is 1.02. The smallest absolute Gasteiger partial charge is 0.281 e. The van der Waals surface area contributed by atoms with Gasteiger partial charge in [-0.25, -0.2) is 10.5 Å². The lowest BCUT2D eigenvalue weighted by molar-refractivity contribution is 0.258. The van der Waals surface area contributed by atoms with Crippen LogP contribution < -0.4 is 11.1 Å². The van der Waals surface area contributed by atoms with Gasteiger partial charge in [0.2, 0.25) is 5.13 Å². The standard InChI is InChI=1S/C3H3N4OS2/c4-1(8)5-2-6-7-3(9)10-2/h4H,(H,7,9)(H,5,6,8). The first-order chi connectivity index (χ1) is 4.68. The number of carbonyl (C=O) groups excluding carboxylic acids is 1. The molecule has 7 heteroatoms. The lowest BCUT2D eigenvalue weighted by Gasteiger charge is -1.88. The number of nitrogens with zero attached hydrogens (tertiary/aromatic N) is 1. The summed E-state index contributed by atoms with van der Waals surface area (Å²) in [5.74, 6) is 0. The summed E-state index contributed by atoms with van der Waals surface area (Å²) in [7, 11) is 0. The van der Waals surface area contributed by atoms with Gasteiger partial charge in [-0.15, -0.1) is 5.10 Å². The molecule has 0 aliphatic heterocycles. The van der Waals surface area contributed by atoms with Crippen molar-refractivity contribution >= 4 is 34.7 Å². The van der Waals surface area contributed by atoms with Crippen LogP contribution in [0.1, 0.15) is 0 Å². The van der Waals surface area contributed by atoms with E-state index in [1.165, 1.54) is 0 Å². The van der Waals surface area contributed by atoms with Crippen LogP contribution in [0.25, 0.3) is 0 Å². The second kappa shape index (κ2) is 2.76. The molecule has 1 rings (SSSR count). The average molecular weight is 175 g/mol. The number of H-pyrrole nitrogens is 1. The van der Waals surface area contributed by atoms with Crippen molar-refractivity contribution in [2.24, 2.45) is 0 Å². The number of aromatic nitrogens is 2. The third-order valence-electron chi connectivity index (χ3n) is 0.659. The number of carbonyl (C=O) groups is 1. The molecule has 0 saturated heterocycles. The van der Waals surface area contributed by atoms with Gasteiger partial charge >= 0.3 is 6.03 Å². The highest BCUT2D eigenvalue weighted by Crippen LogP contribution is 2.09. The maximum atomic E-state index is 10.1. The molecule has 0 unspecified atom stereocenters. The Labute approximate surface area is 65.3 Å². The molecule has 0 aromatic carbocycles. The average Bonchev–Trinajstić information content (AvgIpc) is 2.13. The zero-order valence-electron chi connectivity index (χ0n) is 4.67. The van der Waals surface area contributed by atoms with Crippen molar-refractivity contribution < 1.29 is 4.79 Å². The minimum Gasteiger partial charge on any atom is -0.281 e. The molecule has 53 valence electrons. The van der Waals surface area contributed by atoms with Crippen LogP contribution in [0.4, 0.5) is 9.93 Å². The van der Waals surface area contributed by atoms with Gasteiger partial charge in [0, 0.05) is 0 Å². The van der Waals surface area contributed by atoms with E-state index in [1.54, 1.807) is 0 Å². The number of rotatable bonds is 1. The van der Waals surface area contributed by atoms with E-state index in [4.69, 9.17) is 5.73 Å². The van der Waals surface area contributed by atoms with Gasteiger partial charge in [-0.3, -0.25) is 10.4 Å². The monoisotopic (exact) mass is 175 g/mol. The van der Waals surface area contributed by atoms with Gasteiger partial charge in [0.05, 0.1) is 0 Å². The molecule has 0 aliphatic carbocycles. The number of urea groups is 1.